The van der Waals surface area contributed by atoms with Gasteiger partial charge in [0.2, 0.25) is 0 Å². The van der Waals surface area contributed by atoms with Crippen LogP contribution in [0.15, 0.2) is 158 Å². The van der Waals surface area contributed by atoms with Gasteiger partial charge >= 0.3 is 0 Å². The summed E-state index contributed by atoms with van der Waals surface area (Å²) in [7, 11) is 0. The Labute approximate surface area is 421 Å². The average molecular weight is 1080 g/mol. The molecule has 0 bridgehead atoms. The molecule has 1 aliphatic carbocycles. The SMILES string of the molecule is Cc1cc(-c2cc(F)ccc2OC[C@H]2CCCC[C@H]2COc2ccc(F)cc2-c2cc(C)cc(-n3c4ccccc4c4ccccc43)c2O)c(O)c(-n2c3ccccc3c3ccccc32)c1.[CH3-].[CH3-].[Hf]. The van der Waals surface area contributed by atoms with Crippen LogP contribution in [0.4, 0.5) is 8.78 Å². The Morgan fingerprint density at radius 2 is 0.797 bits per heavy atom. The Morgan fingerprint density at radius 3 is 1.14 bits per heavy atom. The van der Waals surface area contributed by atoms with Gasteiger partial charge in [-0.2, -0.15) is 0 Å². The summed E-state index contributed by atoms with van der Waals surface area (Å²) in [6, 6.07) is 49.2. The van der Waals surface area contributed by atoms with Crippen molar-refractivity contribution in [1.29, 1.82) is 0 Å². The van der Waals surface area contributed by atoms with E-state index in [1.165, 1.54) is 24.3 Å². The monoisotopic (exact) mass is 1080 g/mol. The molecule has 8 aromatic carbocycles. The quantitative estimate of drug-likeness (QED) is 0.106. The van der Waals surface area contributed by atoms with Gasteiger partial charge in [-0.15, -0.1) is 0 Å². The average Bonchev–Trinajstić information content (AvgIpc) is 3.85. The maximum atomic E-state index is 15.2. The second-order valence-corrected chi connectivity index (χ2v) is 17.8. The fourth-order valence-corrected chi connectivity index (χ4v) is 10.4. The van der Waals surface area contributed by atoms with Crippen LogP contribution in [0, 0.1) is 52.2 Å². The van der Waals surface area contributed by atoms with E-state index in [0.29, 0.717) is 58.3 Å². The number of fused-ring (bicyclic) bond motifs is 6. The van der Waals surface area contributed by atoms with E-state index in [2.05, 4.69) is 33.4 Å². The molecule has 2 atom stereocenters. The van der Waals surface area contributed by atoms with Crippen LogP contribution in [0.25, 0.3) is 77.2 Å². The van der Waals surface area contributed by atoms with E-state index >= 15 is 8.78 Å². The molecule has 348 valence electrons. The van der Waals surface area contributed by atoms with Crippen molar-refractivity contribution in [3.63, 3.8) is 0 Å². The molecule has 0 unspecified atom stereocenters. The van der Waals surface area contributed by atoms with Crippen molar-refractivity contribution in [2.75, 3.05) is 13.2 Å². The molecule has 10 aromatic rings. The summed E-state index contributed by atoms with van der Waals surface area (Å²) in [6.07, 6.45) is 3.89. The Balaban J connectivity index is 0.00000214. The van der Waals surface area contributed by atoms with Gasteiger partial charge in [-0.25, -0.2) is 8.78 Å². The Bertz CT molecular complexity index is 3170. The predicted molar refractivity (Wildman–Crippen MR) is 274 cm³/mol. The number of aryl methyl sites for hydroxylation is 2. The van der Waals surface area contributed by atoms with E-state index in [4.69, 9.17) is 9.47 Å². The van der Waals surface area contributed by atoms with Gasteiger partial charge in [0.1, 0.15) is 34.6 Å². The second-order valence-electron chi connectivity index (χ2n) is 17.8. The minimum atomic E-state index is -0.433. The first-order chi connectivity index (χ1) is 32.2. The van der Waals surface area contributed by atoms with Crippen LogP contribution in [0.2, 0.25) is 0 Å². The van der Waals surface area contributed by atoms with Crippen LogP contribution in [-0.4, -0.2) is 32.6 Å². The number of hydrogen-bond donors (Lipinski definition) is 2. The van der Waals surface area contributed by atoms with Crippen LogP contribution in [0.1, 0.15) is 36.8 Å². The van der Waals surface area contributed by atoms with Crippen molar-refractivity contribution < 1.29 is 54.3 Å². The smallest absolute Gasteiger partial charge is 0.147 e. The van der Waals surface area contributed by atoms with Gasteiger partial charge in [0, 0.05) is 69.6 Å². The molecule has 1 aliphatic rings. The molecule has 6 nitrogen and oxygen atoms in total. The van der Waals surface area contributed by atoms with Gasteiger partial charge < -0.3 is 43.7 Å². The molecule has 9 heteroatoms. The maximum Gasteiger partial charge on any atom is 0.147 e. The zero-order chi connectivity index (χ0) is 45.1. The van der Waals surface area contributed by atoms with Crippen molar-refractivity contribution >= 4 is 43.6 Å². The van der Waals surface area contributed by atoms with Gasteiger partial charge in [-0.1, -0.05) is 85.6 Å². The molecule has 0 radical (unpaired) electrons. The molecule has 1 fully saturated rings. The number of phenols is 2. The first-order valence-corrected chi connectivity index (χ1v) is 22.7. The Kier molecular flexibility index (Phi) is 14.2. The summed E-state index contributed by atoms with van der Waals surface area (Å²) in [5, 5.41) is 28.6. The van der Waals surface area contributed by atoms with Gasteiger partial charge in [0.25, 0.3) is 0 Å². The van der Waals surface area contributed by atoms with Crippen LogP contribution in [0.3, 0.4) is 0 Å². The van der Waals surface area contributed by atoms with Crippen LogP contribution in [0.5, 0.6) is 23.0 Å². The summed E-state index contributed by atoms with van der Waals surface area (Å²) < 4.78 is 47.9. The molecule has 0 spiro atoms. The van der Waals surface area contributed by atoms with E-state index < -0.39 is 11.6 Å². The standard InChI is InChI=1S/C58H48F2N2O4.2CH3.Hf/c1-35-27-47(57(63)53(29-35)61-49-19-9-5-15-41(49)42-16-6-10-20-50(42)61)45-31-39(59)23-25-55(45)65-33-37-13-3-4-14-38(37)34-66-56-26-24-40(60)32-46(56)48-28-36(2)30-54(58(48)64)62-51-21-11-7-17-43(51)44-18-8-12-22-52(44)62;;;/h5-12,15-32,37-38,63-64H,3-4,13-14,33-34H2,1-2H3;2*1H3;/q;2*-1;/t37-,38+;;;. The molecule has 0 saturated heterocycles. The number of benzene rings is 8. The molecule has 2 N–H and O–H groups in total. The number of halogens is 2. The summed E-state index contributed by atoms with van der Waals surface area (Å²) >= 11 is 0. The summed E-state index contributed by atoms with van der Waals surface area (Å²) in [5.41, 5.74) is 8.74. The van der Waals surface area contributed by atoms with E-state index in [1.807, 2.05) is 111 Å². The summed E-state index contributed by atoms with van der Waals surface area (Å²) in [5.74, 6) is 0.362. The Morgan fingerprint density at radius 1 is 0.464 bits per heavy atom. The van der Waals surface area contributed by atoms with Crippen LogP contribution >= 0.6 is 0 Å². The molecule has 11 rings (SSSR count). The van der Waals surface area contributed by atoms with Crippen molar-refractivity contribution in [2.45, 2.75) is 39.5 Å². The molecule has 2 aromatic heterocycles. The zero-order valence-electron chi connectivity index (χ0n) is 39.3. The Hall–Kier alpha value is -6.71. The molecular formula is C60H54F2HfN2O4-2. The molecule has 0 amide bonds. The first-order valence-electron chi connectivity index (χ1n) is 22.7. The third kappa shape index (κ3) is 8.82. The number of ether oxygens (including phenoxy) is 2. The predicted octanol–water partition coefficient (Wildman–Crippen LogP) is 15.7. The number of nitrogens with zero attached hydrogens (tertiary/aromatic N) is 2. The van der Waals surface area contributed by atoms with Gasteiger partial charge in [0.15, 0.2) is 0 Å². The number of rotatable bonds is 10. The van der Waals surface area contributed by atoms with E-state index in [-0.39, 0.29) is 64.0 Å². The minimum Gasteiger partial charge on any atom is -0.505 e. The van der Waals surface area contributed by atoms with E-state index in [1.54, 1.807) is 12.1 Å². The van der Waals surface area contributed by atoms with Crippen LogP contribution < -0.4 is 9.47 Å². The number of aromatic nitrogens is 2. The normalized spacial score (nSPS) is 14.6. The summed E-state index contributed by atoms with van der Waals surface area (Å²) in [4.78, 5) is 0. The largest absolute Gasteiger partial charge is 0.505 e. The van der Waals surface area contributed by atoms with E-state index in [0.717, 1.165) is 80.4 Å². The van der Waals surface area contributed by atoms with Crippen molar-refractivity contribution in [3.8, 4) is 56.6 Å². The van der Waals surface area contributed by atoms with Gasteiger partial charge in [-0.3, -0.25) is 0 Å². The second kappa shape index (κ2) is 20.1. The van der Waals surface area contributed by atoms with E-state index in [9.17, 15) is 10.2 Å². The number of phenolic OH excluding ortho intramolecular Hbond substituents is 2. The third-order valence-corrected chi connectivity index (χ3v) is 13.5. The summed E-state index contributed by atoms with van der Waals surface area (Å²) in [6.45, 7) is 4.67. The fraction of sp³-hybridized carbons (Fsp3) is 0.167. The molecule has 1 saturated carbocycles. The molecule has 69 heavy (non-hydrogen) atoms. The number of para-hydroxylation sites is 4. The zero-order valence-corrected chi connectivity index (χ0v) is 42.9. The third-order valence-electron chi connectivity index (χ3n) is 13.5. The molecular weight excluding hydrogens is 1030 g/mol. The molecule has 0 aliphatic heterocycles. The number of hydrogen-bond acceptors (Lipinski definition) is 4. The van der Waals surface area contributed by atoms with Crippen molar-refractivity contribution in [3.05, 3.63) is 195 Å². The van der Waals surface area contributed by atoms with Crippen molar-refractivity contribution in [2.24, 2.45) is 11.8 Å². The van der Waals surface area contributed by atoms with Gasteiger partial charge in [0.05, 0.1) is 46.7 Å². The maximum absolute atomic E-state index is 15.2. The van der Waals surface area contributed by atoms with Gasteiger partial charge in [-0.05, 0) is 135 Å². The minimum absolute atomic E-state index is 0. The fourth-order valence-electron chi connectivity index (χ4n) is 10.4. The van der Waals surface area contributed by atoms with Crippen LogP contribution in [-0.2, 0) is 25.8 Å². The number of aromatic hydroxyl groups is 2. The topological polar surface area (TPSA) is 68.8 Å². The van der Waals surface area contributed by atoms with Crippen molar-refractivity contribution in [1.82, 2.24) is 9.13 Å². The molecule has 2 heterocycles. The first kappa shape index (κ1) is 48.7.